The molecule has 6 nitrogen and oxygen atoms in total. The Morgan fingerprint density at radius 3 is 2.65 bits per heavy atom. The van der Waals surface area contributed by atoms with Crippen LogP contribution in [0.1, 0.15) is 52.9 Å². The third kappa shape index (κ3) is 4.79. The molecule has 0 aromatic carbocycles. The summed E-state index contributed by atoms with van der Waals surface area (Å²) in [7, 11) is -3.58. The molecule has 0 saturated carbocycles. The van der Waals surface area contributed by atoms with E-state index < -0.39 is 10.0 Å². The molecule has 0 aliphatic carbocycles. The van der Waals surface area contributed by atoms with Crippen LogP contribution < -0.4 is 10.5 Å². The molecule has 1 aromatic rings. The average molecular weight is 302 g/mol. The lowest BCUT2D eigenvalue weighted by Crippen LogP contribution is -2.32. The molecule has 0 radical (unpaired) electrons. The number of aromatic nitrogens is 2. The summed E-state index contributed by atoms with van der Waals surface area (Å²) in [4.78, 5) is 0.0771. The number of aryl methyl sites for hydroxylation is 1. The van der Waals surface area contributed by atoms with Crippen LogP contribution in [0.2, 0.25) is 0 Å². The second kappa shape index (κ2) is 7.64. The van der Waals surface area contributed by atoms with Crippen LogP contribution in [0.15, 0.2) is 11.1 Å². The molecule has 116 valence electrons. The van der Waals surface area contributed by atoms with Crippen LogP contribution in [-0.2, 0) is 16.6 Å². The largest absolute Gasteiger partial charge is 0.381 e. The third-order valence-corrected chi connectivity index (χ3v) is 4.70. The molecule has 1 unspecified atom stereocenters. The molecule has 0 aliphatic heterocycles. The van der Waals surface area contributed by atoms with E-state index in [2.05, 4.69) is 16.7 Å². The van der Waals surface area contributed by atoms with E-state index in [1.807, 2.05) is 13.8 Å². The smallest absolute Gasteiger partial charge is 0.246 e. The van der Waals surface area contributed by atoms with E-state index in [1.165, 1.54) is 6.20 Å². The molecule has 7 heteroatoms. The minimum Gasteiger partial charge on any atom is -0.381 e. The Morgan fingerprint density at radius 2 is 2.05 bits per heavy atom. The van der Waals surface area contributed by atoms with Gasteiger partial charge in [0.2, 0.25) is 10.0 Å². The van der Waals surface area contributed by atoms with Crippen LogP contribution in [0.25, 0.3) is 0 Å². The van der Waals surface area contributed by atoms with Gasteiger partial charge in [-0.3, -0.25) is 4.68 Å². The van der Waals surface area contributed by atoms with Crippen molar-refractivity contribution in [1.29, 1.82) is 0 Å². The van der Waals surface area contributed by atoms with E-state index in [0.717, 1.165) is 32.1 Å². The van der Waals surface area contributed by atoms with Crippen molar-refractivity contribution < 1.29 is 8.42 Å². The number of nitrogens with two attached hydrogens (primary N) is 1. The number of hydrogen-bond acceptors (Lipinski definition) is 4. The topological polar surface area (TPSA) is 90.0 Å². The lowest BCUT2D eigenvalue weighted by Gasteiger charge is -2.13. The first-order chi connectivity index (χ1) is 9.40. The summed E-state index contributed by atoms with van der Waals surface area (Å²) >= 11 is 0. The van der Waals surface area contributed by atoms with Crippen molar-refractivity contribution in [3.63, 3.8) is 0 Å². The molecule has 1 atom stereocenters. The van der Waals surface area contributed by atoms with Crippen molar-refractivity contribution >= 4 is 15.8 Å². The highest BCUT2D eigenvalue weighted by atomic mass is 32.2. The van der Waals surface area contributed by atoms with Crippen molar-refractivity contribution in [2.75, 3.05) is 5.73 Å². The number of nitrogen functional groups attached to an aromatic ring is 1. The van der Waals surface area contributed by atoms with E-state index in [9.17, 15) is 8.42 Å². The lowest BCUT2D eigenvalue weighted by molar-refractivity contribution is 0.527. The summed E-state index contributed by atoms with van der Waals surface area (Å²) in [5.74, 6) is 0.0618. The summed E-state index contributed by atoms with van der Waals surface area (Å²) in [5.41, 5.74) is 5.70. The Bertz CT molecular complexity index is 510. The van der Waals surface area contributed by atoms with Crippen molar-refractivity contribution in [3.05, 3.63) is 6.20 Å². The maximum Gasteiger partial charge on any atom is 0.246 e. The molecular formula is C13H26N4O2S. The van der Waals surface area contributed by atoms with Crippen LogP contribution >= 0.6 is 0 Å². The van der Waals surface area contributed by atoms with Crippen LogP contribution in [-0.4, -0.2) is 24.2 Å². The molecule has 1 rings (SSSR count). The monoisotopic (exact) mass is 302 g/mol. The van der Waals surface area contributed by atoms with E-state index in [4.69, 9.17) is 5.73 Å². The minimum absolute atomic E-state index is 0.0618. The van der Waals surface area contributed by atoms with Gasteiger partial charge in [-0.05, 0) is 19.8 Å². The third-order valence-electron chi connectivity index (χ3n) is 3.09. The van der Waals surface area contributed by atoms with Gasteiger partial charge in [0.25, 0.3) is 0 Å². The standard InChI is InChI=1S/C13H26N4O2S/c1-4-6-7-8-11(3)16-20(18,19)12-10-17(9-5-2)15-13(12)14/h10-11,16H,4-9H2,1-3H3,(H2,14,15). The van der Waals surface area contributed by atoms with Crippen molar-refractivity contribution in [3.8, 4) is 0 Å². The van der Waals surface area contributed by atoms with Crippen molar-refractivity contribution in [2.45, 2.75) is 70.4 Å². The Morgan fingerprint density at radius 1 is 1.35 bits per heavy atom. The van der Waals surface area contributed by atoms with E-state index in [1.54, 1.807) is 4.68 Å². The maximum atomic E-state index is 12.3. The molecule has 0 spiro atoms. The molecular weight excluding hydrogens is 276 g/mol. The summed E-state index contributed by atoms with van der Waals surface area (Å²) in [6.07, 6.45) is 6.46. The first-order valence-electron chi connectivity index (χ1n) is 7.26. The number of rotatable bonds is 9. The van der Waals surface area contributed by atoms with Crippen LogP contribution in [0, 0.1) is 0 Å². The predicted octanol–water partition coefficient (Wildman–Crippen LogP) is 2.12. The highest BCUT2D eigenvalue weighted by Crippen LogP contribution is 2.17. The average Bonchev–Trinajstić information content (AvgIpc) is 2.71. The van der Waals surface area contributed by atoms with Gasteiger partial charge in [-0.25, -0.2) is 13.1 Å². The van der Waals surface area contributed by atoms with Gasteiger partial charge in [-0.2, -0.15) is 5.10 Å². The highest BCUT2D eigenvalue weighted by Gasteiger charge is 2.22. The molecule has 0 amide bonds. The number of anilines is 1. The Kier molecular flexibility index (Phi) is 6.48. The second-order valence-corrected chi connectivity index (χ2v) is 6.84. The molecule has 3 N–H and O–H groups in total. The Labute approximate surface area is 121 Å². The van der Waals surface area contributed by atoms with Crippen molar-refractivity contribution in [2.24, 2.45) is 0 Å². The molecule has 1 heterocycles. The van der Waals surface area contributed by atoms with Gasteiger partial charge in [-0.15, -0.1) is 0 Å². The number of hydrogen-bond donors (Lipinski definition) is 2. The molecule has 1 aromatic heterocycles. The van der Waals surface area contributed by atoms with Gasteiger partial charge in [0, 0.05) is 18.8 Å². The number of unbranched alkanes of at least 4 members (excludes halogenated alkanes) is 2. The van der Waals surface area contributed by atoms with Crippen LogP contribution in [0.5, 0.6) is 0 Å². The fourth-order valence-corrected chi connectivity index (χ4v) is 3.41. The van der Waals surface area contributed by atoms with Gasteiger partial charge in [0.05, 0.1) is 0 Å². The summed E-state index contributed by atoms with van der Waals surface area (Å²) in [6, 6.07) is -0.0968. The Balaban J connectivity index is 2.72. The van der Waals surface area contributed by atoms with Crippen LogP contribution in [0.4, 0.5) is 5.82 Å². The zero-order chi connectivity index (χ0) is 15.2. The second-order valence-electron chi connectivity index (χ2n) is 5.16. The van der Waals surface area contributed by atoms with Gasteiger partial charge < -0.3 is 5.73 Å². The minimum atomic E-state index is -3.58. The summed E-state index contributed by atoms with van der Waals surface area (Å²) in [6.45, 7) is 6.66. The first kappa shape index (κ1) is 17.0. The summed E-state index contributed by atoms with van der Waals surface area (Å²) in [5, 5.41) is 4.02. The zero-order valence-electron chi connectivity index (χ0n) is 12.6. The maximum absolute atomic E-state index is 12.3. The summed E-state index contributed by atoms with van der Waals surface area (Å²) < 4.78 is 28.8. The number of nitrogens with one attached hydrogen (secondary N) is 1. The highest BCUT2D eigenvalue weighted by molar-refractivity contribution is 7.89. The van der Waals surface area contributed by atoms with Gasteiger partial charge in [0.1, 0.15) is 4.90 Å². The number of sulfonamides is 1. The first-order valence-corrected chi connectivity index (χ1v) is 8.74. The van der Waals surface area contributed by atoms with Crippen LogP contribution in [0.3, 0.4) is 0 Å². The van der Waals surface area contributed by atoms with Gasteiger partial charge in [-0.1, -0.05) is 33.1 Å². The lowest BCUT2D eigenvalue weighted by atomic mass is 10.1. The molecule has 0 fully saturated rings. The zero-order valence-corrected chi connectivity index (χ0v) is 13.4. The van der Waals surface area contributed by atoms with Gasteiger partial charge >= 0.3 is 0 Å². The number of nitrogens with zero attached hydrogens (tertiary/aromatic N) is 2. The molecule has 0 bridgehead atoms. The van der Waals surface area contributed by atoms with Crippen molar-refractivity contribution in [1.82, 2.24) is 14.5 Å². The molecule has 20 heavy (non-hydrogen) atoms. The Hall–Kier alpha value is -1.08. The molecule has 0 saturated heterocycles. The van der Waals surface area contributed by atoms with E-state index in [0.29, 0.717) is 6.54 Å². The fraction of sp³-hybridized carbons (Fsp3) is 0.769. The molecule has 0 aliphatic rings. The van der Waals surface area contributed by atoms with E-state index >= 15 is 0 Å². The normalized spacial score (nSPS) is 13.6. The predicted molar refractivity (Wildman–Crippen MR) is 80.9 cm³/mol. The van der Waals surface area contributed by atoms with Gasteiger partial charge in [0.15, 0.2) is 5.82 Å². The van der Waals surface area contributed by atoms with E-state index in [-0.39, 0.29) is 16.8 Å². The SMILES string of the molecule is CCCCCC(C)NS(=O)(=O)c1cn(CCC)nc1N. The fourth-order valence-electron chi connectivity index (χ4n) is 2.06. The quantitative estimate of drug-likeness (QED) is 0.684.